The minimum atomic E-state index is -3.94. The average molecular weight is 466 g/mol. The number of sulfonamides is 1. The predicted octanol–water partition coefficient (Wildman–Crippen LogP) is 3.28. The van der Waals surface area contributed by atoms with Gasteiger partial charge in [0.15, 0.2) is 0 Å². The number of rotatable bonds is 6. The highest BCUT2D eigenvalue weighted by Crippen LogP contribution is 2.19. The van der Waals surface area contributed by atoms with Gasteiger partial charge in [0, 0.05) is 11.1 Å². The number of aromatic nitrogens is 2. The second-order valence-corrected chi connectivity index (χ2v) is 8.96. The minimum absolute atomic E-state index is 0.0622. The number of carbonyl (C=O) groups is 1. The number of fused-ring (bicyclic) bond motifs is 1. The lowest BCUT2D eigenvalue weighted by atomic mass is 10.1. The zero-order valence-electron chi connectivity index (χ0n) is 17.4. The third-order valence-corrected chi connectivity index (χ3v) is 6.27. The number of halogens is 1. The second-order valence-electron chi connectivity index (χ2n) is 7.28. The molecule has 0 spiro atoms. The van der Waals surface area contributed by atoms with Crippen molar-refractivity contribution in [1.82, 2.24) is 9.78 Å². The Morgan fingerprint density at radius 1 is 0.970 bits per heavy atom. The molecule has 3 aromatic carbocycles. The van der Waals surface area contributed by atoms with Crippen molar-refractivity contribution >= 4 is 38.1 Å². The maximum Gasteiger partial charge on any atom is 0.275 e. The number of anilines is 2. The van der Waals surface area contributed by atoms with Gasteiger partial charge < -0.3 is 5.32 Å². The summed E-state index contributed by atoms with van der Waals surface area (Å²) in [6.45, 7) is 1.46. The van der Waals surface area contributed by atoms with Gasteiger partial charge in [0.2, 0.25) is 5.91 Å². The fourth-order valence-electron chi connectivity index (χ4n) is 3.33. The van der Waals surface area contributed by atoms with Crippen molar-refractivity contribution in [3.8, 4) is 0 Å². The van der Waals surface area contributed by atoms with Gasteiger partial charge in [0.1, 0.15) is 12.4 Å². The zero-order chi connectivity index (χ0) is 23.6. The largest absolute Gasteiger partial charge is 0.324 e. The molecule has 1 heterocycles. The Labute approximate surface area is 188 Å². The highest BCUT2D eigenvalue weighted by atomic mass is 32.2. The molecule has 10 heteroatoms. The number of hydrogen-bond donors (Lipinski definition) is 2. The van der Waals surface area contributed by atoms with Gasteiger partial charge in [-0.05, 0) is 55.5 Å². The van der Waals surface area contributed by atoms with Crippen LogP contribution in [0.3, 0.4) is 0 Å². The molecule has 4 rings (SSSR count). The molecular weight excluding hydrogens is 447 g/mol. The maximum absolute atomic E-state index is 13.3. The fraction of sp³-hybridized carbons (Fsp3) is 0.0870. The van der Waals surface area contributed by atoms with E-state index in [2.05, 4.69) is 15.1 Å². The van der Waals surface area contributed by atoms with Crippen LogP contribution in [0.2, 0.25) is 0 Å². The predicted molar refractivity (Wildman–Crippen MR) is 123 cm³/mol. The molecule has 0 atom stereocenters. The van der Waals surface area contributed by atoms with Crippen LogP contribution in [0.4, 0.5) is 15.8 Å². The Balaban J connectivity index is 1.47. The Morgan fingerprint density at radius 3 is 2.36 bits per heavy atom. The number of amides is 1. The molecule has 0 saturated heterocycles. The van der Waals surface area contributed by atoms with Crippen molar-refractivity contribution in [2.24, 2.45) is 0 Å². The van der Waals surface area contributed by atoms with E-state index in [1.54, 1.807) is 25.1 Å². The van der Waals surface area contributed by atoms with Crippen molar-refractivity contribution in [2.45, 2.75) is 18.4 Å². The lowest BCUT2D eigenvalue weighted by Gasteiger charge is -2.11. The molecule has 0 fully saturated rings. The van der Waals surface area contributed by atoms with Crippen LogP contribution in [0, 0.1) is 12.7 Å². The van der Waals surface area contributed by atoms with Gasteiger partial charge in [-0.25, -0.2) is 17.5 Å². The second kappa shape index (κ2) is 8.83. The Morgan fingerprint density at radius 2 is 1.67 bits per heavy atom. The van der Waals surface area contributed by atoms with Gasteiger partial charge in [0.25, 0.3) is 15.6 Å². The van der Waals surface area contributed by atoms with E-state index in [0.717, 1.165) is 16.1 Å². The summed E-state index contributed by atoms with van der Waals surface area (Å²) < 4.78 is 41.7. The molecule has 1 amide bonds. The first kappa shape index (κ1) is 22.2. The molecule has 0 aliphatic heterocycles. The lowest BCUT2D eigenvalue weighted by Crippen LogP contribution is -2.30. The quantitative estimate of drug-likeness (QED) is 0.453. The van der Waals surface area contributed by atoms with Crippen LogP contribution in [0.5, 0.6) is 0 Å². The van der Waals surface area contributed by atoms with Gasteiger partial charge in [-0.3, -0.25) is 14.3 Å². The average Bonchev–Trinajstić information content (AvgIpc) is 2.77. The van der Waals surface area contributed by atoms with Crippen LogP contribution in [-0.4, -0.2) is 24.1 Å². The van der Waals surface area contributed by atoms with E-state index in [4.69, 9.17) is 0 Å². The summed E-state index contributed by atoms with van der Waals surface area (Å²) in [7, 11) is -3.94. The SMILES string of the molecule is Cc1nn(CC(=O)Nc2ccc(S(=O)(=O)Nc3cccc(F)c3)cc2)c(=O)c2ccccc12. The first-order valence-corrected chi connectivity index (χ1v) is 11.4. The normalized spacial score (nSPS) is 11.3. The summed E-state index contributed by atoms with van der Waals surface area (Å²) in [6.07, 6.45) is 0. The molecule has 33 heavy (non-hydrogen) atoms. The maximum atomic E-state index is 13.3. The standard InChI is InChI=1S/C23H19FN4O4S/c1-15-20-7-2-3-8-21(20)23(30)28(26-15)14-22(29)25-17-9-11-19(12-10-17)33(31,32)27-18-6-4-5-16(24)13-18/h2-13,27H,14H2,1H3,(H,25,29). The summed E-state index contributed by atoms with van der Waals surface area (Å²) >= 11 is 0. The third kappa shape index (κ3) is 4.90. The third-order valence-electron chi connectivity index (χ3n) is 4.87. The summed E-state index contributed by atoms with van der Waals surface area (Å²) in [5, 5.41) is 8.02. The number of nitrogens with one attached hydrogen (secondary N) is 2. The molecule has 0 saturated carbocycles. The first-order chi connectivity index (χ1) is 15.7. The smallest absolute Gasteiger partial charge is 0.275 e. The van der Waals surface area contributed by atoms with Crippen LogP contribution in [0.25, 0.3) is 10.8 Å². The summed E-state index contributed by atoms with van der Waals surface area (Å²) in [5.74, 6) is -1.06. The molecule has 168 valence electrons. The zero-order valence-corrected chi connectivity index (χ0v) is 18.3. The fourth-order valence-corrected chi connectivity index (χ4v) is 4.38. The minimum Gasteiger partial charge on any atom is -0.324 e. The van der Waals surface area contributed by atoms with Gasteiger partial charge >= 0.3 is 0 Å². The summed E-state index contributed by atoms with van der Waals surface area (Å²) in [4.78, 5) is 25.0. The Bertz CT molecular complexity index is 1520. The van der Waals surface area contributed by atoms with Crippen LogP contribution in [-0.2, 0) is 21.4 Å². The van der Waals surface area contributed by atoms with Crippen molar-refractivity contribution in [3.63, 3.8) is 0 Å². The van der Waals surface area contributed by atoms with Gasteiger partial charge in [0.05, 0.1) is 21.7 Å². The van der Waals surface area contributed by atoms with E-state index in [1.165, 1.54) is 42.5 Å². The molecule has 1 aromatic heterocycles. The van der Waals surface area contributed by atoms with Crippen molar-refractivity contribution in [2.75, 3.05) is 10.0 Å². The van der Waals surface area contributed by atoms with Crippen LogP contribution in [0.15, 0.2) is 82.5 Å². The Kier molecular flexibility index (Phi) is 5.93. The molecule has 0 aliphatic carbocycles. The molecule has 0 unspecified atom stereocenters. The number of hydrogen-bond acceptors (Lipinski definition) is 5. The molecular formula is C23H19FN4O4S. The van der Waals surface area contributed by atoms with Crippen LogP contribution < -0.4 is 15.6 Å². The van der Waals surface area contributed by atoms with E-state index in [1.807, 2.05) is 6.07 Å². The molecule has 8 nitrogen and oxygen atoms in total. The van der Waals surface area contributed by atoms with E-state index < -0.39 is 21.7 Å². The van der Waals surface area contributed by atoms with E-state index in [9.17, 15) is 22.4 Å². The van der Waals surface area contributed by atoms with E-state index >= 15 is 0 Å². The first-order valence-electron chi connectivity index (χ1n) is 9.88. The van der Waals surface area contributed by atoms with Crippen LogP contribution >= 0.6 is 0 Å². The molecule has 0 bridgehead atoms. The molecule has 0 aliphatic rings. The van der Waals surface area contributed by atoms with Gasteiger partial charge in [-0.1, -0.05) is 24.3 Å². The summed E-state index contributed by atoms with van der Waals surface area (Å²) in [6, 6.07) is 17.6. The van der Waals surface area contributed by atoms with Gasteiger partial charge in [-0.15, -0.1) is 0 Å². The summed E-state index contributed by atoms with van der Waals surface area (Å²) in [5.41, 5.74) is 0.681. The van der Waals surface area contributed by atoms with E-state index in [-0.39, 0.29) is 22.7 Å². The number of aryl methyl sites for hydroxylation is 1. The van der Waals surface area contributed by atoms with Gasteiger partial charge in [-0.2, -0.15) is 5.10 Å². The highest BCUT2D eigenvalue weighted by molar-refractivity contribution is 7.92. The molecule has 2 N–H and O–H groups in total. The highest BCUT2D eigenvalue weighted by Gasteiger charge is 2.15. The number of carbonyl (C=O) groups excluding carboxylic acids is 1. The molecule has 0 radical (unpaired) electrons. The monoisotopic (exact) mass is 466 g/mol. The van der Waals surface area contributed by atoms with Crippen molar-refractivity contribution < 1.29 is 17.6 Å². The van der Waals surface area contributed by atoms with Crippen LogP contribution in [0.1, 0.15) is 5.69 Å². The van der Waals surface area contributed by atoms with E-state index in [0.29, 0.717) is 16.8 Å². The molecule has 4 aromatic rings. The van der Waals surface area contributed by atoms with Crippen molar-refractivity contribution in [1.29, 1.82) is 0 Å². The number of nitrogens with zero attached hydrogens (tertiary/aromatic N) is 2. The number of benzene rings is 3. The lowest BCUT2D eigenvalue weighted by molar-refractivity contribution is -0.117. The topological polar surface area (TPSA) is 110 Å². The van der Waals surface area contributed by atoms with Crippen molar-refractivity contribution in [3.05, 3.63) is 94.7 Å². The Hall–Kier alpha value is -4.05.